The molecule has 0 aliphatic rings. The minimum Gasteiger partial charge on any atom is -0.313 e. The molecule has 0 atom stereocenters. The van der Waals surface area contributed by atoms with Crippen LogP contribution < -0.4 is 5.14 Å². The van der Waals surface area contributed by atoms with Gasteiger partial charge in [0.15, 0.2) is 0 Å². The summed E-state index contributed by atoms with van der Waals surface area (Å²) in [7, 11) is -3.78. The molecule has 0 bridgehead atoms. The first kappa shape index (κ1) is 17.7. The van der Waals surface area contributed by atoms with E-state index >= 15 is 0 Å². The van der Waals surface area contributed by atoms with Gasteiger partial charge in [-0.3, -0.25) is 0 Å². The normalized spacial score (nSPS) is 12.7. The molecule has 4 rings (SSSR count). The van der Waals surface area contributed by atoms with Crippen molar-refractivity contribution in [1.82, 2.24) is 9.38 Å². The van der Waals surface area contributed by atoms with Crippen LogP contribution in [0.25, 0.3) is 27.8 Å². The highest BCUT2D eigenvalue weighted by Crippen LogP contribution is 2.30. The van der Waals surface area contributed by atoms with Crippen molar-refractivity contribution in [1.29, 1.82) is 0 Å². The van der Waals surface area contributed by atoms with Crippen molar-refractivity contribution in [2.24, 2.45) is 5.14 Å². The van der Waals surface area contributed by atoms with Gasteiger partial charge in [0.25, 0.3) is 0 Å². The summed E-state index contributed by atoms with van der Waals surface area (Å²) in [6, 6.07) is 17.1. The maximum atomic E-state index is 11.7. The summed E-state index contributed by atoms with van der Waals surface area (Å²) in [5, 5.41) is 5.28. The van der Waals surface area contributed by atoms with Gasteiger partial charge in [-0.15, -0.1) is 0 Å². The molecule has 0 unspecified atom stereocenters. The second-order valence-electron chi connectivity index (χ2n) is 7.75. The van der Waals surface area contributed by atoms with Gasteiger partial charge in [0, 0.05) is 11.8 Å². The van der Waals surface area contributed by atoms with E-state index in [9.17, 15) is 8.42 Å². The van der Waals surface area contributed by atoms with Crippen molar-refractivity contribution in [2.75, 3.05) is 0 Å². The van der Waals surface area contributed by atoms with Crippen LogP contribution in [-0.4, -0.2) is 17.8 Å². The molecule has 0 aliphatic carbocycles. The van der Waals surface area contributed by atoms with Crippen molar-refractivity contribution in [3.05, 3.63) is 66.4 Å². The van der Waals surface area contributed by atoms with Crippen LogP contribution in [0.1, 0.15) is 26.3 Å². The lowest BCUT2D eigenvalue weighted by Crippen LogP contribution is -2.12. The highest BCUT2D eigenvalue weighted by molar-refractivity contribution is 7.89. The van der Waals surface area contributed by atoms with Gasteiger partial charge in [-0.2, -0.15) is 0 Å². The minimum absolute atomic E-state index is 0.0584. The summed E-state index contributed by atoms with van der Waals surface area (Å²) >= 11 is 0. The predicted molar refractivity (Wildman–Crippen MR) is 108 cm³/mol. The fraction of sp³-hybridized carbons (Fsp3) is 0.190. The van der Waals surface area contributed by atoms with Gasteiger partial charge in [0.2, 0.25) is 10.0 Å². The third-order valence-corrected chi connectivity index (χ3v) is 5.69. The Morgan fingerprint density at radius 2 is 1.67 bits per heavy atom. The van der Waals surface area contributed by atoms with E-state index in [2.05, 4.69) is 45.0 Å². The van der Waals surface area contributed by atoms with Crippen LogP contribution in [-0.2, 0) is 15.4 Å². The average molecular weight is 379 g/mol. The summed E-state index contributed by atoms with van der Waals surface area (Å²) in [6.45, 7) is 6.53. The number of nitrogens with zero attached hydrogens (tertiary/aromatic N) is 2. The standard InChI is InChI=1S/C21H21N3O2S/c1-21(2,3)15-8-6-14(7-9-15)20-19-5-4-12-24(19)18-11-10-16(27(22,25)26)13-17(18)23-20/h4-13H,1-3H3,(H2,22,25,26). The number of aromatic nitrogens is 2. The van der Waals surface area contributed by atoms with Crippen molar-refractivity contribution in [3.8, 4) is 11.3 Å². The van der Waals surface area contributed by atoms with Gasteiger partial charge >= 0.3 is 0 Å². The van der Waals surface area contributed by atoms with Crippen LogP contribution in [0.2, 0.25) is 0 Å². The molecule has 138 valence electrons. The van der Waals surface area contributed by atoms with Crippen LogP contribution in [0.5, 0.6) is 0 Å². The van der Waals surface area contributed by atoms with Crippen molar-refractivity contribution >= 4 is 26.6 Å². The van der Waals surface area contributed by atoms with E-state index in [1.165, 1.54) is 17.7 Å². The Balaban J connectivity index is 1.97. The van der Waals surface area contributed by atoms with Gasteiger partial charge in [0.05, 0.1) is 27.1 Å². The fourth-order valence-electron chi connectivity index (χ4n) is 3.28. The lowest BCUT2D eigenvalue weighted by atomic mass is 9.86. The van der Waals surface area contributed by atoms with E-state index in [0.29, 0.717) is 5.52 Å². The molecule has 2 aromatic heterocycles. The van der Waals surface area contributed by atoms with Gasteiger partial charge in [-0.05, 0) is 41.3 Å². The maximum Gasteiger partial charge on any atom is 0.238 e. The van der Waals surface area contributed by atoms with Crippen molar-refractivity contribution < 1.29 is 8.42 Å². The van der Waals surface area contributed by atoms with E-state index in [1.807, 2.05) is 22.7 Å². The predicted octanol–water partition coefficient (Wildman–Crippen LogP) is 4.10. The number of fused-ring (bicyclic) bond motifs is 3. The SMILES string of the molecule is CC(C)(C)c1ccc(-c2nc3cc(S(N)(=O)=O)ccc3n3cccc23)cc1. The van der Waals surface area contributed by atoms with E-state index in [0.717, 1.165) is 22.3 Å². The van der Waals surface area contributed by atoms with Crippen LogP contribution in [0.4, 0.5) is 0 Å². The molecule has 2 heterocycles. The topological polar surface area (TPSA) is 77.5 Å². The molecule has 2 aromatic carbocycles. The molecule has 4 aromatic rings. The number of nitrogens with two attached hydrogens (primary N) is 1. The molecule has 5 nitrogen and oxygen atoms in total. The Bertz CT molecular complexity index is 1260. The monoisotopic (exact) mass is 379 g/mol. The van der Waals surface area contributed by atoms with Crippen LogP contribution >= 0.6 is 0 Å². The molecule has 27 heavy (non-hydrogen) atoms. The average Bonchev–Trinajstić information content (AvgIpc) is 3.09. The quantitative estimate of drug-likeness (QED) is 0.569. The Morgan fingerprint density at radius 3 is 2.30 bits per heavy atom. The number of sulfonamides is 1. The summed E-state index contributed by atoms with van der Waals surface area (Å²) in [6.07, 6.45) is 1.95. The molecule has 6 heteroatoms. The molecule has 0 spiro atoms. The van der Waals surface area contributed by atoms with Gasteiger partial charge in [-0.25, -0.2) is 18.5 Å². The molecule has 0 saturated heterocycles. The molecular formula is C21H21N3O2S. The van der Waals surface area contributed by atoms with Crippen LogP contribution in [0, 0.1) is 0 Å². The summed E-state index contributed by atoms with van der Waals surface area (Å²) < 4.78 is 25.5. The first-order valence-electron chi connectivity index (χ1n) is 8.69. The first-order valence-corrected chi connectivity index (χ1v) is 10.2. The minimum atomic E-state index is -3.78. The van der Waals surface area contributed by atoms with E-state index in [1.54, 1.807) is 6.07 Å². The summed E-state index contributed by atoms with van der Waals surface area (Å²) in [5.41, 5.74) is 5.49. The van der Waals surface area contributed by atoms with Gasteiger partial charge in [-0.1, -0.05) is 45.0 Å². The van der Waals surface area contributed by atoms with Gasteiger partial charge < -0.3 is 4.40 Å². The second kappa shape index (κ2) is 5.90. The largest absolute Gasteiger partial charge is 0.313 e. The maximum absolute atomic E-state index is 11.7. The molecular weight excluding hydrogens is 358 g/mol. The Morgan fingerprint density at radius 1 is 0.963 bits per heavy atom. The van der Waals surface area contributed by atoms with E-state index in [4.69, 9.17) is 10.1 Å². The zero-order valence-corrected chi connectivity index (χ0v) is 16.3. The Hall–Kier alpha value is -2.70. The molecule has 0 radical (unpaired) electrons. The highest BCUT2D eigenvalue weighted by Gasteiger charge is 2.16. The first-order chi connectivity index (χ1) is 12.6. The highest BCUT2D eigenvalue weighted by atomic mass is 32.2. The summed E-state index contributed by atoms with van der Waals surface area (Å²) in [4.78, 5) is 4.83. The molecule has 2 N–H and O–H groups in total. The number of primary sulfonamides is 1. The van der Waals surface area contributed by atoms with Crippen molar-refractivity contribution in [3.63, 3.8) is 0 Å². The number of rotatable bonds is 2. The third kappa shape index (κ3) is 3.11. The molecule has 0 aliphatic heterocycles. The Kier molecular flexibility index (Phi) is 3.87. The lowest BCUT2D eigenvalue weighted by molar-refractivity contribution is 0.590. The van der Waals surface area contributed by atoms with Gasteiger partial charge in [0.1, 0.15) is 0 Å². The number of hydrogen-bond donors (Lipinski definition) is 1. The molecule has 0 fully saturated rings. The summed E-state index contributed by atoms with van der Waals surface area (Å²) in [5.74, 6) is 0. The van der Waals surface area contributed by atoms with Crippen molar-refractivity contribution in [2.45, 2.75) is 31.1 Å². The smallest absolute Gasteiger partial charge is 0.238 e. The van der Waals surface area contributed by atoms with Crippen LogP contribution in [0.15, 0.2) is 65.7 Å². The zero-order valence-electron chi connectivity index (χ0n) is 15.5. The second-order valence-corrected chi connectivity index (χ2v) is 9.31. The van der Waals surface area contributed by atoms with E-state index < -0.39 is 10.0 Å². The Labute approximate surface area is 158 Å². The number of hydrogen-bond acceptors (Lipinski definition) is 3. The zero-order chi connectivity index (χ0) is 19.4. The fourth-order valence-corrected chi connectivity index (χ4v) is 3.81. The van der Waals surface area contributed by atoms with E-state index in [-0.39, 0.29) is 10.3 Å². The molecule has 0 saturated carbocycles. The van der Waals surface area contributed by atoms with Crippen LogP contribution in [0.3, 0.4) is 0 Å². The third-order valence-electron chi connectivity index (χ3n) is 4.78. The molecule has 0 amide bonds. The lowest BCUT2D eigenvalue weighted by Gasteiger charge is -2.19. The number of benzene rings is 2.